The Balaban J connectivity index is 0.000000696. The first-order chi connectivity index (χ1) is 13.3. The number of amides is 1. The van der Waals surface area contributed by atoms with Crippen molar-refractivity contribution in [2.75, 3.05) is 26.5 Å². The van der Waals surface area contributed by atoms with Crippen molar-refractivity contribution in [3.63, 3.8) is 0 Å². The maximum absolute atomic E-state index is 11.7. The number of carbonyl (C=O) groups excluding carboxylic acids is 1. The van der Waals surface area contributed by atoms with Crippen LogP contribution in [0.1, 0.15) is 29.8 Å². The summed E-state index contributed by atoms with van der Waals surface area (Å²) < 4.78 is 34.7. The third-order valence-electron chi connectivity index (χ3n) is 3.44. The lowest BCUT2D eigenvalue weighted by atomic mass is 10.1. The van der Waals surface area contributed by atoms with Gasteiger partial charge in [0.1, 0.15) is 18.1 Å². The molecule has 154 valence electrons. The molecular formula is C20H28N2O5S. The predicted octanol–water partition coefficient (Wildman–Crippen LogP) is 2.58. The van der Waals surface area contributed by atoms with Crippen molar-refractivity contribution in [3.8, 4) is 11.5 Å². The van der Waals surface area contributed by atoms with Crippen LogP contribution in [0.2, 0.25) is 0 Å². The maximum Gasteiger partial charge on any atom is 0.264 e. The summed E-state index contributed by atoms with van der Waals surface area (Å²) in [5.41, 5.74) is 1.12. The highest BCUT2D eigenvalue weighted by atomic mass is 32.2. The van der Waals surface area contributed by atoms with E-state index in [4.69, 9.17) is 9.47 Å². The highest BCUT2D eigenvalue weighted by Gasteiger charge is 2.10. The molecule has 2 aromatic carbocycles. The van der Waals surface area contributed by atoms with Gasteiger partial charge in [-0.15, -0.1) is 0 Å². The van der Waals surface area contributed by atoms with E-state index in [1.54, 1.807) is 37.4 Å². The molecule has 1 amide bonds. The molecule has 0 unspecified atom stereocenters. The Hall–Kier alpha value is -2.58. The molecule has 7 nitrogen and oxygen atoms in total. The van der Waals surface area contributed by atoms with Crippen LogP contribution in [0.25, 0.3) is 0 Å². The number of benzene rings is 2. The van der Waals surface area contributed by atoms with Gasteiger partial charge in [0.15, 0.2) is 0 Å². The number of hydrogen-bond acceptors (Lipinski definition) is 6. The summed E-state index contributed by atoms with van der Waals surface area (Å²) in [6, 6.07) is 13.7. The number of hydrogen-bond donors (Lipinski definition) is 2. The third kappa shape index (κ3) is 9.38. The van der Waals surface area contributed by atoms with Crippen molar-refractivity contribution in [1.29, 1.82) is 0 Å². The fraction of sp³-hybridized carbons (Fsp3) is 0.350. The molecule has 0 atom stereocenters. The summed E-state index contributed by atoms with van der Waals surface area (Å²) in [5, 5.41) is 3.11. The molecule has 2 aromatic rings. The molecule has 0 fully saturated rings. The lowest BCUT2D eigenvalue weighted by Crippen LogP contribution is -2.29. The molecule has 0 aromatic heterocycles. The second kappa shape index (κ2) is 12.0. The Morgan fingerprint density at radius 2 is 1.61 bits per heavy atom. The first kappa shape index (κ1) is 23.5. The molecule has 2 N–H and O–H groups in total. The van der Waals surface area contributed by atoms with Gasteiger partial charge in [0.05, 0.1) is 13.4 Å². The number of carbonyl (C=O) groups is 1. The Kier molecular flexibility index (Phi) is 10.0. The van der Waals surface area contributed by atoms with Gasteiger partial charge in [-0.05, 0) is 42.9 Å². The molecule has 2 rings (SSSR count). The molecule has 0 saturated carbocycles. The van der Waals surface area contributed by atoms with Crippen molar-refractivity contribution >= 4 is 15.9 Å². The van der Waals surface area contributed by atoms with E-state index in [2.05, 4.69) is 19.2 Å². The van der Waals surface area contributed by atoms with Crippen molar-refractivity contribution < 1.29 is 22.7 Å². The second-order valence-corrected chi connectivity index (χ2v) is 7.57. The lowest BCUT2D eigenvalue weighted by Gasteiger charge is -2.08. The van der Waals surface area contributed by atoms with Gasteiger partial charge in [0.25, 0.3) is 5.91 Å². The number of rotatable bonds is 8. The molecule has 0 heterocycles. The zero-order valence-electron chi connectivity index (χ0n) is 16.7. The van der Waals surface area contributed by atoms with E-state index < -0.39 is 15.9 Å². The molecule has 28 heavy (non-hydrogen) atoms. The lowest BCUT2D eigenvalue weighted by molar-refractivity contribution is 0.0981. The maximum atomic E-state index is 11.7. The minimum absolute atomic E-state index is 0.264. The predicted molar refractivity (Wildman–Crippen MR) is 110 cm³/mol. The van der Waals surface area contributed by atoms with Crippen molar-refractivity contribution in [2.45, 2.75) is 20.5 Å². The van der Waals surface area contributed by atoms with Crippen molar-refractivity contribution in [1.82, 2.24) is 10.0 Å². The van der Waals surface area contributed by atoms with Gasteiger partial charge in [0.2, 0.25) is 10.0 Å². The zero-order valence-corrected chi connectivity index (χ0v) is 17.5. The molecule has 0 bridgehead atoms. The summed E-state index contributed by atoms with van der Waals surface area (Å²) in [6.45, 7) is 6.71. The highest BCUT2D eigenvalue weighted by Crippen LogP contribution is 2.20. The first-order valence-electron chi connectivity index (χ1n) is 8.87. The Bertz CT molecular complexity index is 834. The molecule has 8 heteroatoms. The van der Waals surface area contributed by atoms with Gasteiger partial charge >= 0.3 is 0 Å². The van der Waals surface area contributed by atoms with Crippen LogP contribution in [0.15, 0.2) is 48.5 Å². The van der Waals surface area contributed by atoms with Crippen LogP contribution in [-0.4, -0.2) is 40.8 Å². The first-order valence-corrected chi connectivity index (χ1v) is 10.8. The average molecular weight is 409 g/mol. The Morgan fingerprint density at radius 3 is 2.11 bits per heavy atom. The molecule has 0 spiro atoms. The number of nitrogens with one attached hydrogen (secondary N) is 2. The number of sulfonamides is 1. The van der Waals surface area contributed by atoms with Crippen LogP contribution in [0, 0.1) is 0 Å². The fourth-order valence-corrected chi connectivity index (χ4v) is 2.54. The summed E-state index contributed by atoms with van der Waals surface area (Å²) in [6.07, 6.45) is 0.932. The van der Waals surface area contributed by atoms with Gasteiger partial charge in [-0.1, -0.05) is 32.0 Å². The molecule has 0 aliphatic heterocycles. The monoisotopic (exact) mass is 408 g/mol. The summed E-state index contributed by atoms with van der Waals surface area (Å²) in [5.74, 6) is 0.714. The van der Waals surface area contributed by atoms with E-state index in [1.165, 1.54) is 0 Å². The van der Waals surface area contributed by atoms with Gasteiger partial charge < -0.3 is 14.8 Å². The average Bonchev–Trinajstić information content (AvgIpc) is 2.67. The van der Waals surface area contributed by atoms with Crippen molar-refractivity contribution in [3.05, 3.63) is 59.7 Å². The molecular weight excluding hydrogens is 380 g/mol. The smallest absolute Gasteiger partial charge is 0.264 e. The standard InChI is InChI=1S/C16H17NO5S.C4H11N/c1-21-14-4-3-5-15(10-14)22-11-12-6-8-13(9-7-12)16(18)17-23(2,19)20;1-3-5-4-2/h3-10H,11H2,1-2H3,(H,17,18);5H,3-4H2,1-2H3. The topological polar surface area (TPSA) is 93.7 Å². The normalized spacial score (nSPS) is 10.4. The van der Waals surface area contributed by atoms with E-state index in [9.17, 15) is 13.2 Å². The van der Waals surface area contributed by atoms with E-state index in [0.29, 0.717) is 18.1 Å². The Labute approximate surface area is 167 Å². The number of methoxy groups -OCH3 is 1. The van der Waals surface area contributed by atoms with E-state index in [-0.39, 0.29) is 5.56 Å². The largest absolute Gasteiger partial charge is 0.497 e. The van der Waals surface area contributed by atoms with Crippen molar-refractivity contribution in [2.24, 2.45) is 0 Å². The molecule has 0 saturated heterocycles. The minimum atomic E-state index is -3.57. The minimum Gasteiger partial charge on any atom is -0.497 e. The van der Waals surface area contributed by atoms with E-state index >= 15 is 0 Å². The van der Waals surface area contributed by atoms with Crippen LogP contribution < -0.4 is 19.5 Å². The third-order valence-corrected chi connectivity index (χ3v) is 4.00. The van der Waals surface area contributed by atoms with Crippen LogP contribution in [0.5, 0.6) is 11.5 Å². The molecule has 0 aliphatic rings. The molecule has 0 aliphatic carbocycles. The van der Waals surface area contributed by atoms with Gasteiger partial charge in [-0.2, -0.15) is 0 Å². The van der Waals surface area contributed by atoms with E-state index in [0.717, 1.165) is 24.9 Å². The summed E-state index contributed by atoms with van der Waals surface area (Å²) in [7, 11) is -1.99. The van der Waals surface area contributed by atoms with Gasteiger partial charge in [-0.3, -0.25) is 4.79 Å². The SMILES string of the molecule is CCNCC.COc1cccc(OCc2ccc(C(=O)NS(C)(=O)=O)cc2)c1. The summed E-state index contributed by atoms with van der Waals surface area (Å²) >= 11 is 0. The van der Waals surface area contributed by atoms with Crippen LogP contribution in [-0.2, 0) is 16.6 Å². The van der Waals surface area contributed by atoms with Crippen LogP contribution >= 0.6 is 0 Å². The van der Waals surface area contributed by atoms with Gasteiger partial charge in [-0.25, -0.2) is 13.1 Å². The zero-order chi connectivity index (χ0) is 21.0. The highest BCUT2D eigenvalue weighted by molar-refractivity contribution is 7.89. The second-order valence-electron chi connectivity index (χ2n) is 5.83. The summed E-state index contributed by atoms with van der Waals surface area (Å²) in [4.78, 5) is 11.7. The van der Waals surface area contributed by atoms with Crippen LogP contribution in [0.3, 0.4) is 0 Å². The van der Waals surface area contributed by atoms with Gasteiger partial charge in [0, 0.05) is 11.6 Å². The molecule has 0 radical (unpaired) electrons. The Morgan fingerprint density at radius 1 is 1.00 bits per heavy atom. The van der Waals surface area contributed by atoms with Crippen LogP contribution in [0.4, 0.5) is 0 Å². The fourth-order valence-electron chi connectivity index (χ4n) is 2.09. The van der Waals surface area contributed by atoms with E-state index in [1.807, 2.05) is 22.9 Å². The number of ether oxygens (including phenoxy) is 2. The quantitative estimate of drug-likeness (QED) is 0.697.